The molecule has 2 rings (SSSR count). The predicted octanol–water partition coefficient (Wildman–Crippen LogP) is 0.438. The third-order valence-electron chi connectivity index (χ3n) is 2.84. The first kappa shape index (κ1) is 12.5. The smallest absolute Gasteiger partial charge is 0.246 e. The average Bonchev–Trinajstić information content (AvgIpc) is 2.53. The third-order valence-corrected chi connectivity index (χ3v) is 5.00. The van der Waals surface area contributed by atoms with Crippen LogP contribution in [0, 0.1) is 13.8 Å². The molecule has 1 saturated heterocycles. The minimum absolute atomic E-state index is 0.305. The van der Waals surface area contributed by atoms with Crippen molar-refractivity contribution < 1.29 is 13.2 Å². The Hall–Kier alpha value is -0.920. The summed E-state index contributed by atoms with van der Waals surface area (Å²) < 4.78 is 31.7. The molecule has 0 unspecified atom stereocenters. The van der Waals surface area contributed by atoms with Gasteiger partial charge >= 0.3 is 0 Å². The Morgan fingerprint density at radius 2 is 2.06 bits per heavy atom. The van der Waals surface area contributed by atoms with Crippen LogP contribution in [0.4, 0.5) is 0 Å². The molecule has 0 saturated carbocycles. The number of rotatable bonds is 2. The largest absolute Gasteiger partial charge is 0.380 e. The number of aromatic nitrogens is 2. The maximum Gasteiger partial charge on any atom is 0.246 e. The number of aromatic amines is 1. The zero-order valence-corrected chi connectivity index (χ0v) is 10.9. The normalized spacial score (nSPS) is 19.2. The van der Waals surface area contributed by atoms with Gasteiger partial charge in [-0.05, 0) is 20.3 Å². The molecule has 0 bridgehead atoms. The number of sulfonamides is 1. The van der Waals surface area contributed by atoms with E-state index in [1.165, 1.54) is 4.31 Å². The summed E-state index contributed by atoms with van der Waals surface area (Å²) in [6, 6.07) is 0. The molecule has 1 N–H and O–H groups in total. The van der Waals surface area contributed by atoms with Crippen molar-refractivity contribution in [1.29, 1.82) is 0 Å². The minimum atomic E-state index is -3.44. The lowest BCUT2D eigenvalue weighted by atomic mass is 10.4. The molecular formula is C10H17N3O3S. The van der Waals surface area contributed by atoms with E-state index in [4.69, 9.17) is 4.74 Å². The summed E-state index contributed by atoms with van der Waals surface area (Å²) in [5, 5.41) is 6.65. The molecule has 17 heavy (non-hydrogen) atoms. The van der Waals surface area contributed by atoms with Crippen molar-refractivity contribution in [1.82, 2.24) is 14.5 Å². The predicted molar refractivity (Wildman–Crippen MR) is 62.3 cm³/mol. The van der Waals surface area contributed by atoms with Crippen molar-refractivity contribution >= 4 is 10.0 Å². The molecule has 0 radical (unpaired) electrons. The molecule has 7 heteroatoms. The van der Waals surface area contributed by atoms with E-state index in [2.05, 4.69) is 10.2 Å². The number of nitrogens with zero attached hydrogens (tertiary/aromatic N) is 2. The molecule has 0 amide bonds. The molecule has 0 aromatic carbocycles. The molecule has 6 nitrogen and oxygen atoms in total. The fraction of sp³-hybridized carbons (Fsp3) is 0.700. The zero-order valence-electron chi connectivity index (χ0n) is 10.1. The Morgan fingerprint density at radius 3 is 2.71 bits per heavy atom. The Balaban J connectivity index is 2.35. The van der Waals surface area contributed by atoms with Crippen LogP contribution < -0.4 is 0 Å². The van der Waals surface area contributed by atoms with Gasteiger partial charge in [0.15, 0.2) is 0 Å². The molecule has 1 aliphatic rings. The maximum absolute atomic E-state index is 12.5. The second kappa shape index (κ2) is 4.75. The number of hydrogen-bond donors (Lipinski definition) is 1. The van der Waals surface area contributed by atoms with Gasteiger partial charge in [0.2, 0.25) is 10.0 Å². The summed E-state index contributed by atoms with van der Waals surface area (Å²) >= 11 is 0. The lowest BCUT2D eigenvalue weighted by Crippen LogP contribution is -2.33. The number of ether oxygens (including phenoxy) is 1. The average molecular weight is 259 g/mol. The highest BCUT2D eigenvalue weighted by Crippen LogP contribution is 2.22. The van der Waals surface area contributed by atoms with Crippen molar-refractivity contribution in [3.05, 3.63) is 11.4 Å². The molecule has 96 valence electrons. The van der Waals surface area contributed by atoms with Crippen LogP contribution in [-0.4, -0.2) is 49.2 Å². The molecule has 1 aromatic rings. The fourth-order valence-electron chi connectivity index (χ4n) is 2.01. The van der Waals surface area contributed by atoms with E-state index in [9.17, 15) is 8.42 Å². The van der Waals surface area contributed by atoms with Gasteiger partial charge in [0.1, 0.15) is 4.90 Å². The van der Waals surface area contributed by atoms with Crippen LogP contribution in [0.25, 0.3) is 0 Å². The monoisotopic (exact) mass is 259 g/mol. The van der Waals surface area contributed by atoms with Crippen LogP contribution in [-0.2, 0) is 14.8 Å². The first-order valence-electron chi connectivity index (χ1n) is 5.63. The van der Waals surface area contributed by atoms with Gasteiger partial charge in [0.05, 0.1) is 18.0 Å². The lowest BCUT2D eigenvalue weighted by molar-refractivity contribution is 0.148. The molecule has 0 aliphatic carbocycles. The highest BCUT2D eigenvalue weighted by Gasteiger charge is 2.29. The second-order valence-electron chi connectivity index (χ2n) is 4.13. The fourth-order valence-corrected chi connectivity index (χ4v) is 3.81. The van der Waals surface area contributed by atoms with Crippen LogP contribution in [0.15, 0.2) is 4.90 Å². The quantitative estimate of drug-likeness (QED) is 0.836. The Bertz CT molecular complexity index is 467. The van der Waals surface area contributed by atoms with Crippen LogP contribution in [0.1, 0.15) is 17.8 Å². The lowest BCUT2D eigenvalue weighted by Gasteiger charge is -2.19. The summed E-state index contributed by atoms with van der Waals surface area (Å²) in [5.74, 6) is 0. The van der Waals surface area contributed by atoms with Crippen molar-refractivity contribution in [3.8, 4) is 0 Å². The zero-order chi connectivity index (χ0) is 12.5. The summed E-state index contributed by atoms with van der Waals surface area (Å²) in [6.07, 6.45) is 0.731. The Morgan fingerprint density at radius 1 is 1.29 bits per heavy atom. The van der Waals surface area contributed by atoms with Gasteiger partial charge < -0.3 is 4.74 Å². The van der Waals surface area contributed by atoms with Gasteiger partial charge in [0.25, 0.3) is 0 Å². The summed E-state index contributed by atoms with van der Waals surface area (Å²) in [6.45, 7) is 5.41. The highest BCUT2D eigenvalue weighted by atomic mass is 32.2. The van der Waals surface area contributed by atoms with E-state index in [1.54, 1.807) is 13.8 Å². The standard InChI is InChI=1S/C10H17N3O3S/c1-8-10(9(2)12-11-8)17(14,15)13-4-3-6-16-7-5-13/h3-7H2,1-2H3,(H,11,12). The summed E-state index contributed by atoms with van der Waals surface area (Å²) in [5.41, 5.74) is 1.11. The van der Waals surface area contributed by atoms with Crippen molar-refractivity contribution in [2.45, 2.75) is 25.2 Å². The minimum Gasteiger partial charge on any atom is -0.380 e. The van der Waals surface area contributed by atoms with Crippen molar-refractivity contribution in [3.63, 3.8) is 0 Å². The van der Waals surface area contributed by atoms with Crippen molar-refractivity contribution in [2.24, 2.45) is 0 Å². The van der Waals surface area contributed by atoms with Crippen LogP contribution in [0.2, 0.25) is 0 Å². The maximum atomic E-state index is 12.5. The SMILES string of the molecule is Cc1n[nH]c(C)c1S(=O)(=O)N1CCCOCC1. The van der Waals surface area contributed by atoms with Crippen molar-refractivity contribution in [2.75, 3.05) is 26.3 Å². The third kappa shape index (κ3) is 2.36. The molecule has 2 heterocycles. The number of hydrogen-bond acceptors (Lipinski definition) is 4. The van der Waals surface area contributed by atoms with Gasteiger partial charge in [-0.1, -0.05) is 0 Å². The first-order chi connectivity index (χ1) is 8.03. The van der Waals surface area contributed by atoms with Gasteiger partial charge in [-0.15, -0.1) is 0 Å². The van der Waals surface area contributed by atoms with E-state index < -0.39 is 10.0 Å². The van der Waals surface area contributed by atoms with Crippen LogP contribution >= 0.6 is 0 Å². The molecule has 0 atom stereocenters. The number of nitrogens with one attached hydrogen (secondary N) is 1. The topological polar surface area (TPSA) is 75.3 Å². The van der Waals surface area contributed by atoms with Crippen LogP contribution in [0.3, 0.4) is 0 Å². The van der Waals surface area contributed by atoms with Gasteiger partial charge in [0, 0.05) is 19.7 Å². The number of H-pyrrole nitrogens is 1. The molecule has 1 fully saturated rings. The van der Waals surface area contributed by atoms with Crippen LogP contribution in [0.5, 0.6) is 0 Å². The van der Waals surface area contributed by atoms with E-state index in [0.29, 0.717) is 42.6 Å². The molecule has 0 spiro atoms. The molecular weight excluding hydrogens is 242 g/mol. The Labute approximate surface area is 101 Å². The van der Waals surface area contributed by atoms with E-state index in [-0.39, 0.29) is 0 Å². The van der Waals surface area contributed by atoms with E-state index in [1.807, 2.05) is 0 Å². The summed E-state index contributed by atoms with van der Waals surface area (Å²) in [4.78, 5) is 0.305. The second-order valence-corrected chi connectivity index (χ2v) is 6.01. The van der Waals surface area contributed by atoms with Gasteiger partial charge in [-0.2, -0.15) is 9.40 Å². The number of aryl methyl sites for hydroxylation is 2. The van der Waals surface area contributed by atoms with Gasteiger partial charge in [-0.25, -0.2) is 8.42 Å². The first-order valence-corrected chi connectivity index (χ1v) is 7.07. The molecule has 1 aliphatic heterocycles. The van der Waals surface area contributed by atoms with Gasteiger partial charge in [-0.3, -0.25) is 5.10 Å². The van der Waals surface area contributed by atoms with E-state index in [0.717, 1.165) is 6.42 Å². The highest BCUT2D eigenvalue weighted by molar-refractivity contribution is 7.89. The summed E-state index contributed by atoms with van der Waals surface area (Å²) in [7, 11) is -3.44. The Kier molecular flexibility index (Phi) is 3.50. The molecule has 1 aromatic heterocycles. The van der Waals surface area contributed by atoms with E-state index >= 15 is 0 Å².